The lowest BCUT2D eigenvalue weighted by molar-refractivity contribution is -0.131. The molecule has 0 atom stereocenters. The Labute approximate surface area is 190 Å². The molecule has 2 amide bonds. The average molecular weight is 454 g/mol. The Morgan fingerprint density at radius 1 is 1.03 bits per heavy atom. The third-order valence-corrected chi connectivity index (χ3v) is 5.75. The number of aromatic nitrogens is 2. The third kappa shape index (κ3) is 5.08. The second-order valence-electron chi connectivity index (χ2n) is 7.64. The SMILES string of the molecule is O=C(Cn1cnc2ccccc2c1=O)NCCC(=O)N1CCN(c2cccc(Cl)c2)CC1. The number of carbonyl (C=O) groups excluding carboxylic acids is 2. The van der Waals surface area contributed by atoms with Crippen molar-refractivity contribution in [2.75, 3.05) is 37.6 Å². The summed E-state index contributed by atoms with van der Waals surface area (Å²) in [5.74, 6) is -0.330. The van der Waals surface area contributed by atoms with Crippen molar-refractivity contribution < 1.29 is 9.59 Å². The topological polar surface area (TPSA) is 87.5 Å². The number of piperazine rings is 1. The molecule has 166 valence electrons. The normalized spacial score (nSPS) is 13.9. The summed E-state index contributed by atoms with van der Waals surface area (Å²) in [6.07, 6.45) is 1.59. The lowest BCUT2D eigenvalue weighted by Crippen LogP contribution is -2.49. The molecule has 0 saturated carbocycles. The average Bonchev–Trinajstić information content (AvgIpc) is 2.81. The molecule has 1 aliphatic heterocycles. The van der Waals surface area contributed by atoms with Gasteiger partial charge < -0.3 is 15.1 Å². The second kappa shape index (κ2) is 9.82. The van der Waals surface area contributed by atoms with Crippen molar-refractivity contribution in [3.05, 3.63) is 70.2 Å². The van der Waals surface area contributed by atoms with Crippen LogP contribution >= 0.6 is 11.6 Å². The fourth-order valence-electron chi connectivity index (χ4n) is 3.78. The number of carbonyl (C=O) groups is 2. The molecule has 4 rings (SSSR count). The van der Waals surface area contributed by atoms with Crippen molar-refractivity contribution in [3.63, 3.8) is 0 Å². The van der Waals surface area contributed by atoms with Crippen LogP contribution in [0.1, 0.15) is 6.42 Å². The number of rotatable bonds is 6. The van der Waals surface area contributed by atoms with E-state index in [4.69, 9.17) is 11.6 Å². The molecule has 0 unspecified atom stereocenters. The van der Waals surface area contributed by atoms with Crippen molar-refractivity contribution in [1.29, 1.82) is 0 Å². The molecule has 1 fully saturated rings. The van der Waals surface area contributed by atoms with Crippen molar-refractivity contribution in [1.82, 2.24) is 19.8 Å². The van der Waals surface area contributed by atoms with Crippen LogP contribution in [0.5, 0.6) is 0 Å². The molecule has 32 heavy (non-hydrogen) atoms. The van der Waals surface area contributed by atoms with E-state index in [0.29, 0.717) is 29.0 Å². The number of nitrogens with one attached hydrogen (secondary N) is 1. The highest BCUT2D eigenvalue weighted by Gasteiger charge is 2.21. The minimum absolute atomic E-state index is 0.000540. The standard InChI is InChI=1S/C23H24ClN5O3/c24-17-4-3-5-18(14-17)27-10-12-28(13-11-27)22(31)8-9-25-21(30)15-29-16-26-20-7-2-1-6-19(20)23(29)32/h1-7,14,16H,8-13,15H2,(H,25,30). The molecular formula is C23H24ClN5O3. The fraction of sp³-hybridized carbons (Fsp3) is 0.304. The molecular weight excluding hydrogens is 430 g/mol. The zero-order valence-corrected chi connectivity index (χ0v) is 18.3. The van der Waals surface area contributed by atoms with Gasteiger partial charge in [-0.05, 0) is 30.3 Å². The first-order chi connectivity index (χ1) is 15.5. The summed E-state index contributed by atoms with van der Waals surface area (Å²) in [5.41, 5.74) is 1.38. The van der Waals surface area contributed by atoms with Gasteiger partial charge in [-0.15, -0.1) is 0 Å². The molecule has 0 radical (unpaired) electrons. The Hall–Kier alpha value is -3.39. The first kappa shape index (κ1) is 21.8. The Balaban J connectivity index is 1.23. The Morgan fingerprint density at radius 3 is 2.59 bits per heavy atom. The Morgan fingerprint density at radius 2 is 1.81 bits per heavy atom. The van der Waals surface area contributed by atoms with Gasteiger partial charge in [0.05, 0.1) is 17.2 Å². The van der Waals surface area contributed by atoms with Gasteiger partial charge >= 0.3 is 0 Å². The van der Waals surface area contributed by atoms with Crippen LogP contribution in [-0.4, -0.2) is 59.0 Å². The number of amides is 2. The van der Waals surface area contributed by atoms with Crippen molar-refractivity contribution >= 4 is 40.0 Å². The summed E-state index contributed by atoms with van der Waals surface area (Å²) in [6, 6.07) is 14.7. The zero-order valence-electron chi connectivity index (χ0n) is 17.5. The molecule has 0 bridgehead atoms. The van der Waals surface area contributed by atoms with Gasteiger partial charge in [-0.1, -0.05) is 29.8 Å². The first-order valence-electron chi connectivity index (χ1n) is 10.5. The van der Waals surface area contributed by atoms with Crippen molar-refractivity contribution in [3.8, 4) is 0 Å². The van der Waals surface area contributed by atoms with Gasteiger partial charge in [-0.2, -0.15) is 0 Å². The summed E-state index contributed by atoms with van der Waals surface area (Å²) in [6.45, 7) is 2.80. The predicted molar refractivity (Wildman–Crippen MR) is 124 cm³/mol. The van der Waals surface area contributed by atoms with Gasteiger partial charge in [-0.25, -0.2) is 4.98 Å². The van der Waals surface area contributed by atoms with Crippen LogP contribution in [0.15, 0.2) is 59.7 Å². The molecule has 1 aromatic heterocycles. The number of anilines is 1. The molecule has 1 saturated heterocycles. The number of hydrogen-bond acceptors (Lipinski definition) is 5. The highest BCUT2D eigenvalue weighted by atomic mass is 35.5. The quantitative estimate of drug-likeness (QED) is 0.616. The van der Waals surface area contributed by atoms with Crippen LogP contribution in [-0.2, 0) is 16.1 Å². The van der Waals surface area contributed by atoms with E-state index in [-0.39, 0.29) is 36.9 Å². The molecule has 2 heterocycles. The van der Waals surface area contributed by atoms with E-state index in [0.717, 1.165) is 18.8 Å². The smallest absolute Gasteiger partial charge is 0.261 e. The lowest BCUT2D eigenvalue weighted by Gasteiger charge is -2.36. The minimum atomic E-state index is -0.331. The van der Waals surface area contributed by atoms with E-state index in [1.165, 1.54) is 10.9 Å². The predicted octanol–water partition coefficient (Wildman–Crippen LogP) is 1.91. The summed E-state index contributed by atoms with van der Waals surface area (Å²) >= 11 is 6.06. The van der Waals surface area contributed by atoms with Crippen molar-refractivity contribution in [2.24, 2.45) is 0 Å². The lowest BCUT2D eigenvalue weighted by atomic mass is 10.2. The van der Waals surface area contributed by atoms with Crippen molar-refractivity contribution in [2.45, 2.75) is 13.0 Å². The van der Waals surface area contributed by atoms with Crippen LogP contribution < -0.4 is 15.8 Å². The largest absolute Gasteiger partial charge is 0.368 e. The number of halogens is 1. The Kier molecular flexibility index (Phi) is 6.70. The van der Waals surface area contributed by atoms with Gasteiger partial charge in [0.2, 0.25) is 11.8 Å². The highest BCUT2D eigenvalue weighted by molar-refractivity contribution is 6.30. The summed E-state index contributed by atoms with van der Waals surface area (Å²) < 4.78 is 1.27. The summed E-state index contributed by atoms with van der Waals surface area (Å²) in [7, 11) is 0. The van der Waals surface area contributed by atoms with Crippen LogP contribution in [0.2, 0.25) is 5.02 Å². The maximum atomic E-state index is 12.5. The maximum absolute atomic E-state index is 12.5. The van der Waals surface area contributed by atoms with Crippen LogP contribution in [0.25, 0.3) is 10.9 Å². The van der Waals surface area contributed by atoms with E-state index in [9.17, 15) is 14.4 Å². The molecule has 0 aliphatic carbocycles. The van der Waals surface area contributed by atoms with Gasteiger partial charge in [0.1, 0.15) is 6.54 Å². The zero-order chi connectivity index (χ0) is 22.5. The van der Waals surface area contributed by atoms with E-state index < -0.39 is 0 Å². The number of fused-ring (bicyclic) bond motifs is 1. The first-order valence-corrected chi connectivity index (χ1v) is 10.9. The van der Waals surface area contributed by atoms with Gasteiger partial charge in [0, 0.05) is 49.9 Å². The second-order valence-corrected chi connectivity index (χ2v) is 8.08. The maximum Gasteiger partial charge on any atom is 0.261 e. The monoisotopic (exact) mass is 453 g/mol. The van der Waals surface area contributed by atoms with Crippen LogP contribution in [0.3, 0.4) is 0 Å². The molecule has 3 aromatic rings. The van der Waals surface area contributed by atoms with Crippen LogP contribution in [0, 0.1) is 0 Å². The Bertz CT molecular complexity index is 1190. The fourth-order valence-corrected chi connectivity index (χ4v) is 3.97. The van der Waals surface area contributed by atoms with Crippen LogP contribution in [0.4, 0.5) is 5.69 Å². The molecule has 2 aromatic carbocycles. The van der Waals surface area contributed by atoms with E-state index in [1.54, 1.807) is 24.3 Å². The molecule has 1 aliphatic rings. The van der Waals surface area contributed by atoms with E-state index in [1.807, 2.05) is 29.2 Å². The number of nitrogens with zero attached hydrogens (tertiary/aromatic N) is 4. The minimum Gasteiger partial charge on any atom is -0.368 e. The van der Waals surface area contributed by atoms with Gasteiger partial charge in [-0.3, -0.25) is 19.0 Å². The summed E-state index contributed by atoms with van der Waals surface area (Å²) in [5, 5.41) is 3.88. The van der Waals surface area contributed by atoms with E-state index in [2.05, 4.69) is 15.2 Å². The number of para-hydroxylation sites is 1. The summed E-state index contributed by atoms with van der Waals surface area (Å²) in [4.78, 5) is 45.4. The van der Waals surface area contributed by atoms with Gasteiger partial charge in [0.25, 0.3) is 5.56 Å². The molecule has 1 N–H and O–H groups in total. The molecule has 8 nitrogen and oxygen atoms in total. The van der Waals surface area contributed by atoms with E-state index >= 15 is 0 Å². The molecule has 9 heteroatoms. The number of hydrogen-bond donors (Lipinski definition) is 1. The highest BCUT2D eigenvalue weighted by Crippen LogP contribution is 2.20. The molecule has 0 spiro atoms. The number of benzene rings is 2. The third-order valence-electron chi connectivity index (χ3n) is 5.51. The van der Waals surface area contributed by atoms with Gasteiger partial charge in [0.15, 0.2) is 0 Å².